The minimum atomic E-state index is -0.402. The first-order valence-corrected chi connectivity index (χ1v) is 7.41. The highest BCUT2D eigenvalue weighted by atomic mass is 16.5. The second-order valence-electron chi connectivity index (χ2n) is 5.80. The molecule has 3 unspecified atom stereocenters. The van der Waals surface area contributed by atoms with E-state index in [0.29, 0.717) is 23.1 Å². The van der Waals surface area contributed by atoms with Crippen LogP contribution in [-0.2, 0) is 9.53 Å². The van der Waals surface area contributed by atoms with E-state index in [-0.39, 0.29) is 11.9 Å². The number of ether oxygens (including phenoxy) is 1. The van der Waals surface area contributed by atoms with E-state index < -0.39 is 5.97 Å². The highest BCUT2D eigenvalue weighted by molar-refractivity contribution is 5.97. The van der Waals surface area contributed by atoms with Crippen LogP contribution in [0.5, 0.6) is 0 Å². The Kier molecular flexibility index (Phi) is 3.92. The van der Waals surface area contributed by atoms with Crippen LogP contribution >= 0.6 is 0 Å². The molecular formula is C16H20N2O3. The molecule has 0 bridgehead atoms. The van der Waals surface area contributed by atoms with Crippen LogP contribution in [0.25, 0.3) is 0 Å². The van der Waals surface area contributed by atoms with Crippen LogP contribution in [0.2, 0.25) is 0 Å². The van der Waals surface area contributed by atoms with Gasteiger partial charge in [-0.05, 0) is 49.4 Å². The fourth-order valence-electron chi connectivity index (χ4n) is 3.54. The number of carbonyl (C=O) groups excluding carboxylic acids is 2. The van der Waals surface area contributed by atoms with E-state index in [1.54, 1.807) is 24.3 Å². The molecule has 2 N–H and O–H groups in total. The zero-order chi connectivity index (χ0) is 14.8. The SMILES string of the molecule is COC(=O)c1cccc(NC(=O)C2NCC3CCCC32)c1. The maximum atomic E-state index is 12.4. The van der Waals surface area contributed by atoms with Gasteiger partial charge in [-0.1, -0.05) is 12.5 Å². The van der Waals surface area contributed by atoms with E-state index in [2.05, 4.69) is 15.4 Å². The number of nitrogens with one attached hydrogen (secondary N) is 2. The Labute approximate surface area is 124 Å². The fourth-order valence-corrected chi connectivity index (χ4v) is 3.54. The number of hydrogen-bond donors (Lipinski definition) is 2. The molecule has 5 heteroatoms. The molecule has 0 aromatic heterocycles. The topological polar surface area (TPSA) is 67.4 Å². The summed E-state index contributed by atoms with van der Waals surface area (Å²) < 4.78 is 4.69. The Hall–Kier alpha value is -1.88. The van der Waals surface area contributed by atoms with E-state index in [1.807, 2.05) is 0 Å². The summed E-state index contributed by atoms with van der Waals surface area (Å²) in [5, 5.41) is 6.23. The van der Waals surface area contributed by atoms with Crippen LogP contribution in [0, 0.1) is 11.8 Å². The quantitative estimate of drug-likeness (QED) is 0.832. The standard InChI is InChI=1S/C16H20N2O3/c1-21-16(20)10-4-2-6-12(8-10)18-15(19)14-13-7-3-5-11(13)9-17-14/h2,4,6,8,11,13-14,17H,3,5,7,9H2,1H3,(H,18,19). The van der Waals surface area contributed by atoms with Crippen molar-refractivity contribution in [3.63, 3.8) is 0 Å². The molecular weight excluding hydrogens is 268 g/mol. The van der Waals surface area contributed by atoms with Crippen molar-refractivity contribution in [1.29, 1.82) is 0 Å². The zero-order valence-electron chi connectivity index (χ0n) is 12.1. The van der Waals surface area contributed by atoms with Crippen LogP contribution < -0.4 is 10.6 Å². The van der Waals surface area contributed by atoms with Gasteiger partial charge in [-0.15, -0.1) is 0 Å². The average Bonchev–Trinajstić information content (AvgIpc) is 3.09. The van der Waals surface area contributed by atoms with E-state index in [9.17, 15) is 9.59 Å². The third-order valence-corrected chi connectivity index (χ3v) is 4.58. The Morgan fingerprint density at radius 2 is 2.19 bits per heavy atom. The summed E-state index contributed by atoms with van der Waals surface area (Å²) in [5.74, 6) is 0.684. The van der Waals surface area contributed by atoms with E-state index in [1.165, 1.54) is 20.0 Å². The molecule has 1 heterocycles. The summed E-state index contributed by atoms with van der Waals surface area (Å²) in [6.07, 6.45) is 3.57. The molecule has 0 radical (unpaired) electrons. The highest BCUT2D eigenvalue weighted by Crippen LogP contribution is 2.37. The largest absolute Gasteiger partial charge is 0.465 e. The predicted molar refractivity (Wildman–Crippen MR) is 79.0 cm³/mol. The molecule has 1 saturated carbocycles. The number of benzene rings is 1. The van der Waals surface area contributed by atoms with Gasteiger partial charge >= 0.3 is 5.97 Å². The maximum absolute atomic E-state index is 12.4. The molecule has 1 aliphatic heterocycles. The second kappa shape index (κ2) is 5.85. The first kappa shape index (κ1) is 14.1. The highest BCUT2D eigenvalue weighted by Gasteiger charge is 2.42. The summed E-state index contributed by atoms with van der Waals surface area (Å²) in [7, 11) is 1.34. The second-order valence-corrected chi connectivity index (χ2v) is 5.80. The van der Waals surface area contributed by atoms with Crippen LogP contribution in [0.1, 0.15) is 29.6 Å². The van der Waals surface area contributed by atoms with Crippen molar-refractivity contribution in [3.05, 3.63) is 29.8 Å². The molecule has 21 heavy (non-hydrogen) atoms. The number of hydrogen-bond acceptors (Lipinski definition) is 4. The van der Waals surface area contributed by atoms with Gasteiger partial charge in [-0.2, -0.15) is 0 Å². The maximum Gasteiger partial charge on any atom is 0.337 e. The molecule has 2 aliphatic rings. The van der Waals surface area contributed by atoms with Gasteiger partial charge in [0.2, 0.25) is 5.91 Å². The molecule has 3 rings (SSSR count). The van der Waals surface area contributed by atoms with Crippen molar-refractivity contribution in [1.82, 2.24) is 5.32 Å². The normalized spacial score (nSPS) is 27.2. The van der Waals surface area contributed by atoms with Gasteiger partial charge < -0.3 is 15.4 Å². The Morgan fingerprint density at radius 1 is 1.33 bits per heavy atom. The van der Waals surface area contributed by atoms with Crippen molar-refractivity contribution in [3.8, 4) is 0 Å². The Bertz CT molecular complexity index is 558. The lowest BCUT2D eigenvalue weighted by atomic mass is 9.93. The molecule has 1 aliphatic carbocycles. The third-order valence-electron chi connectivity index (χ3n) is 4.58. The predicted octanol–water partition coefficient (Wildman–Crippen LogP) is 1.80. The monoisotopic (exact) mass is 288 g/mol. The number of rotatable bonds is 3. The minimum absolute atomic E-state index is 0.00795. The molecule has 1 aromatic rings. The van der Waals surface area contributed by atoms with Gasteiger partial charge in [0.15, 0.2) is 0 Å². The summed E-state index contributed by atoms with van der Waals surface area (Å²) in [5.41, 5.74) is 1.07. The van der Waals surface area contributed by atoms with Crippen LogP contribution in [-0.4, -0.2) is 31.6 Å². The molecule has 1 amide bonds. The van der Waals surface area contributed by atoms with E-state index in [0.717, 1.165) is 13.0 Å². The minimum Gasteiger partial charge on any atom is -0.465 e. The summed E-state index contributed by atoms with van der Waals surface area (Å²) >= 11 is 0. The summed E-state index contributed by atoms with van der Waals surface area (Å²) in [6, 6.07) is 6.72. The molecule has 0 spiro atoms. The van der Waals surface area contributed by atoms with Crippen molar-refractivity contribution >= 4 is 17.6 Å². The van der Waals surface area contributed by atoms with Gasteiger partial charge in [0.25, 0.3) is 0 Å². The lowest BCUT2D eigenvalue weighted by molar-refractivity contribution is -0.118. The lowest BCUT2D eigenvalue weighted by Crippen LogP contribution is -2.39. The summed E-state index contributed by atoms with van der Waals surface area (Å²) in [6.45, 7) is 0.935. The zero-order valence-corrected chi connectivity index (χ0v) is 12.1. The van der Waals surface area contributed by atoms with Crippen LogP contribution in [0.4, 0.5) is 5.69 Å². The molecule has 2 fully saturated rings. The van der Waals surface area contributed by atoms with Gasteiger partial charge in [0.1, 0.15) is 0 Å². The third kappa shape index (κ3) is 2.78. The number of carbonyl (C=O) groups is 2. The molecule has 5 nitrogen and oxygen atoms in total. The van der Waals surface area contributed by atoms with Gasteiger partial charge in [-0.25, -0.2) is 4.79 Å². The van der Waals surface area contributed by atoms with Crippen molar-refractivity contribution in [2.75, 3.05) is 19.0 Å². The van der Waals surface area contributed by atoms with Crippen LogP contribution in [0.3, 0.4) is 0 Å². The first-order valence-electron chi connectivity index (χ1n) is 7.41. The average molecular weight is 288 g/mol. The van der Waals surface area contributed by atoms with Gasteiger partial charge in [-0.3, -0.25) is 4.79 Å². The van der Waals surface area contributed by atoms with Crippen molar-refractivity contribution in [2.45, 2.75) is 25.3 Å². The number of amides is 1. The van der Waals surface area contributed by atoms with Crippen molar-refractivity contribution in [2.24, 2.45) is 11.8 Å². The number of methoxy groups -OCH3 is 1. The summed E-state index contributed by atoms with van der Waals surface area (Å²) in [4.78, 5) is 23.9. The molecule has 3 atom stereocenters. The van der Waals surface area contributed by atoms with Crippen molar-refractivity contribution < 1.29 is 14.3 Å². The number of fused-ring (bicyclic) bond motifs is 1. The van der Waals surface area contributed by atoms with E-state index in [4.69, 9.17) is 0 Å². The van der Waals surface area contributed by atoms with Gasteiger partial charge in [0, 0.05) is 5.69 Å². The van der Waals surface area contributed by atoms with Gasteiger partial charge in [0.05, 0.1) is 18.7 Å². The first-order chi connectivity index (χ1) is 10.2. The number of esters is 1. The fraction of sp³-hybridized carbons (Fsp3) is 0.500. The lowest BCUT2D eigenvalue weighted by Gasteiger charge is -2.18. The molecule has 1 aromatic carbocycles. The molecule has 112 valence electrons. The molecule has 1 saturated heterocycles. The smallest absolute Gasteiger partial charge is 0.337 e. The van der Waals surface area contributed by atoms with E-state index >= 15 is 0 Å². The Balaban J connectivity index is 1.69. The van der Waals surface area contributed by atoms with Crippen LogP contribution in [0.15, 0.2) is 24.3 Å². The Morgan fingerprint density at radius 3 is 3.00 bits per heavy atom. The number of anilines is 1.